The molecule has 3 nitrogen and oxygen atoms in total. The number of aromatic amines is 1. The summed E-state index contributed by atoms with van der Waals surface area (Å²) in [4.78, 5) is 7.67. The van der Waals surface area contributed by atoms with Gasteiger partial charge in [-0.05, 0) is 17.2 Å². The molecule has 0 atom stereocenters. The molecule has 0 amide bonds. The Morgan fingerprint density at radius 2 is 1.38 bits per heavy atom. The second-order valence-corrected chi connectivity index (χ2v) is 6.30. The van der Waals surface area contributed by atoms with Gasteiger partial charge >= 0.3 is 0 Å². The first kappa shape index (κ1) is 16.2. The summed E-state index contributed by atoms with van der Waals surface area (Å²) >= 11 is 0. The summed E-state index contributed by atoms with van der Waals surface area (Å²) in [5.41, 5.74) is 4.12. The number of nitrogens with one attached hydrogen (secondary N) is 1. The van der Waals surface area contributed by atoms with Crippen molar-refractivity contribution in [1.29, 1.82) is 0 Å². The molecule has 0 spiro atoms. The summed E-state index contributed by atoms with van der Waals surface area (Å²) < 4.78 is 0. The lowest BCUT2D eigenvalue weighted by atomic mass is 9.91. The van der Waals surface area contributed by atoms with Crippen molar-refractivity contribution in [2.24, 2.45) is 4.99 Å². The van der Waals surface area contributed by atoms with Crippen molar-refractivity contribution in [3.05, 3.63) is 102 Å². The summed E-state index contributed by atoms with van der Waals surface area (Å²) in [7, 11) is 0. The van der Waals surface area contributed by atoms with E-state index in [9.17, 15) is 5.11 Å². The highest BCUT2D eigenvalue weighted by Crippen LogP contribution is 2.27. The van der Waals surface area contributed by atoms with Gasteiger partial charge in [0.05, 0.1) is 5.56 Å². The first-order chi connectivity index (χ1) is 12.8. The zero-order valence-corrected chi connectivity index (χ0v) is 14.3. The molecule has 0 bridgehead atoms. The van der Waals surface area contributed by atoms with Crippen molar-refractivity contribution in [3.8, 4) is 5.88 Å². The van der Waals surface area contributed by atoms with Crippen LogP contribution in [-0.2, 0) is 0 Å². The number of aromatic nitrogens is 1. The summed E-state index contributed by atoms with van der Waals surface area (Å²) in [6, 6.07) is 28.7. The lowest BCUT2D eigenvalue weighted by Crippen LogP contribution is -2.05. The van der Waals surface area contributed by atoms with Gasteiger partial charge in [-0.3, -0.25) is 4.99 Å². The molecule has 4 aromatic rings. The van der Waals surface area contributed by atoms with Crippen molar-refractivity contribution in [2.45, 2.75) is 5.92 Å². The number of aromatic hydroxyl groups is 1. The topological polar surface area (TPSA) is 48.4 Å². The molecule has 1 aromatic heterocycles. The normalized spacial score (nSPS) is 11.6. The molecule has 3 heteroatoms. The molecule has 26 heavy (non-hydrogen) atoms. The van der Waals surface area contributed by atoms with Crippen LogP contribution in [0.5, 0.6) is 5.88 Å². The second kappa shape index (κ2) is 7.28. The second-order valence-electron chi connectivity index (χ2n) is 6.30. The number of rotatable bonds is 5. The minimum Gasteiger partial charge on any atom is -0.494 e. The van der Waals surface area contributed by atoms with Gasteiger partial charge in [-0.2, -0.15) is 0 Å². The third-order valence-corrected chi connectivity index (χ3v) is 4.64. The highest BCUT2D eigenvalue weighted by atomic mass is 16.3. The molecule has 0 aliphatic carbocycles. The van der Waals surface area contributed by atoms with Crippen LogP contribution in [0.4, 0.5) is 0 Å². The maximum Gasteiger partial charge on any atom is 0.198 e. The first-order valence-electron chi connectivity index (χ1n) is 8.72. The Bertz CT molecular complexity index is 980. The van der Waals surface area contributed by atoms with Crippen LogP contribution in [0.25, 0.3) is 10.9 Å². The molecule has 0 aliphatic rings. The lowest BCUT2D eigenvalue weighted by molar-refractivity contribution is 0.457. The van der Waals surface area contributed by atoms with E-state index >= 15 is 0 Å². The largest absolute Gasteiger partial charge is 0.494 e. The Kier molecular flexibility index (Phi) is 4.52. The van der Waals surface area contributed by atoms with Crippen molar-refractivity contribution >= 4 is 17.1 Å². The van der Waals surface area contributed by atoms with E-state index in [1.54, 1.807) is 6.21 Å². The molecule has 128 valence electrons. The van der Waals surface area contributed by atoms with E-state index in [0.29, 0.717) is 6.54 Å². The van der Waals surface area contributed by atoms with Gasteiger partial charge in [0.15, 0.2) is 5.88 Å². The lowest BCUT2D eigenvalue weighted by Gasteiger charge is -2.15. The van der Waals surface area contributed by atoms with Crippen LogP contribution in [0.2, 0.25) is 0 Å². The van der Waals surface area contributed by atoms with Crippen molar-refractivity contribution < 1.29 is 5.11 Å². The molecular weight excluding hydrogens is 320 g/mol. The summed E-state index contributed by atoms with van der Waals surface area (Å²) in [5.74, 6) is 0.340. The van der Waals surface area contributed by atoms with Crippen LogP contribution in [0.15, 0.2) is 89.9 Å². The highest BCUT2D eigenvalue weighted by molar-refractivity contribution is 6.01. The zero-order chi connectivity index (χ0) is 17.8. The van der Waals surface area contributed by atoms with Crippen LogP contribution in [0.1, 0.15) is 22.6 Å². The molecule has 0 radical (unpaired) electrons. The minimum atomic E-state index is 0.158. The van der Waals surface area contributed by atoms with Crippen LogP contribution in [0.3, 0.4) is 0 Å². The molecular formula is C23H20N2O. The van der Waals surface area contributed by atoms with E-state index in [2.05, 4.69) is 58.5 Å². The quantitative estimate of drug-likeness (QED) is 0.486. The molecule has 3 aromatic carbocycles. The van der Waals surface area contributed by atoms with E-state index in [1.165, 1.54) is 11.1 Å². The summed E-state index contributed by atoms with van der Waals surface area (Å²) in [6.07, 6.45) is 1.77. The van der Waals surface area contributed by atoms with Gasteiger partial charge in [0.25, 0.3) is 0 Å². The predicted molar refractivity (Wildman–Crippen MR) is 107 cm³/mol. The minimum absolute atomic E-state index is 0.158. The summed E-state index contributed by atoms with van der Waals surface area (Å²) in [5, 5.41) is 11.2. The maximum absolute atomic E-state index is 10.2. The van der Waals surface area contributed by atoms with E-state index in [1.807, 2.05) is 36.4 Å². The van der Waals surface area contributed by atoms with Crippen LogP contribution >= 0.6 is 0 Å². The van der Waals surface area contributed by atoms with Gasteiger partial charge in [0.2, 0.25) is 0 Å². The smallest absolute Gasteiger partial charge is 0.198 e. The highest BCUT2D eigenvalue weighted by Gasteiger charge is 2.13. The number of benzene rings is 3. The van der Waals surface area contributed by atoms with Gasteiger partial charge in [-0.1, -0.05) is 78.9 Å². The molecule has 0 unspecified atom stereocenters. The van der Waals surface area contributed by atoms with Gasteiger partial charge < -0.3 is 10.1 Å². The Morgan fingerprint density at radius 3 is 2.04 bits per heavy atom. The average Bonchev–Trinajstić information content (AvgIpc) is 3.02. The number of para-hydroxylation sites is 1. The molecule has 1 heterocycles. The average molecular weight is 340 g/mol. The van der Waals surface area contributed by atoms with Crippen LogP contribution < -0.4 is 0 Å². The SMILES string of the molecule is Oc1[nH]c2ccccc2c1C=NCC(c1ccccc1)c1ccccc1. The molecule has 0 fully saturated rings. The Labute approximate surface area is 152 Å². The fourth-order valence-electron chi connectivity index (χ4n) is 3.30. The van der Waals surface area contributed by atoms with Crippen molar-refractivity contribution in [3.63, 3.8) is 0 Å². The number of hydrogen-bond donors (Lipinski definition) is 2. The number of hydrogen-bond acceptors (Lipinski definition) is 2. The fraction of sp³-hybridized carbons (Fsp3) is 0.0870. The molecule has 0 aliphatic heterocycles. The van der Waals surface area contributed by atoms with Crippen LogP contribution in [-0.4, -0.2) is 22.8 Å². The molecule has 0 saturated heterocycles. The van der Waals surface area contributed by atoms with Crippen molar-refractivity contribution in [1.82, 2.24) is 4.98 Å². The van der Waals surface area contributed by atoms with Gasteiger partial charge in [0, 0.05) is 29.6 Å². The van der Waals surface area contributed by atoms with E-state index in [-0.39, 0.29) is 11.8 Å². The molecule has 0 saturated carbocycles. The zero-order valence-electron chi connectivity index (χ0n) is 14.3. The number of fused-ring (bicyclic) bond motifs is 1. The first-order valence-corrected chi connectivity index (χ1v) is 8.72. The van der Waals surface area contributed by atoms with E-state index in [0.717, 1.165) is 16.5 Å². The fourth-order valence-corrected chi connectivity index (χ4v) is 3.30. The van der Waals surface area contributed by atoms with Gasteiger partial charge in [0.1, 0.15) is 0 Å². The third-order valence-electron chi connectivity index (χ3n) is 4.64. The monoisotopic (exact) mass is 340 g/mol. The van der Waals surface area contributed by atoms with Crippen LogP contribution in [0, 0.1) is 0 Å². The Morgan fingerprint density at radius 1 is 0.808 bits per heavy atom. The van der Waals surface area contributed by atoms with Gasteiger partial charge in [-0.25, -0.2) is 0 Å². The van der Waals surface area contributed by atoms with E-state index < -0.39 is 0 Å². The van der Waals surface area contributed by atoms with Gasteiger partial charge in [-0.15, -0.1) is 0 Å². The third kappa shape index (κ3) is 3.24. The standard InChI is InChI=1S/C23H20N2O/c26-23-21(19-13-7-8-14-22(19)25-23)16-24-15-20(17-9-3-1-4-10-17)18-11-5-2-6-12-18/h1-14,16,20,25-26H,15H2. The summed E-state index contributed by atoms with van der Waals surface area (Å²) in [6.45, 7) is 0.618. The van der Waals surface area contributed by atoms with Crippen molar-refractivity contribution in [2.75, 3.05) is 6.54 Å². The molecule has 4 rings (SSSR count). The molecule has 2 N–H and O–H groups in total. The van der Waals surface area contributed by atoms with E-state index in [4.69, 9.17) is 0 Å². The maximum atomic E-state index is 10.2. The predicted octanol–water partition coefficient (Wildman–Crippen LogP) is 5.12. The Balaban J connectivity index is 1.64. The number of H-pyrrole nitrogens is 1. The number of aliphatic imine (C=N–C) groups is 1. The Hall–Kier alpha value is -3.33. The number of nitrogens with zero attached hydrogens (tertiary/aromatic N) is 1.